The van der Waals surface area contributed by atoms with Gasteiger partial charge in [0, 0.05) is 18.2 Å². The summed E-state index contributed by atoms with van der Waals surface area (Å²) >= 11 is 0. The molecule has 0 aliphatic rings. The van der Waals surface area contributed by atoms with Crippen molar-refractivity contribution in [1.82, 2.24) is 9.71 Å². The Hall–Kier alpha value is -3.81. The van der Waals surface area contributed by atoms with Crippen LogP contribution in [0.1, 0.15) is 35.6 Å². The van der Waals surface area contributed by atoms with E-state index in [1.807, 2.05) is 38.1 Å². The van der Waals surface area contributed by atoms with E-state index in [1.165, 1.54) is 18.8 Å². The van der Waals surface area contributed by atoms with E-state index < -0.39 is 0 Å². The van der Waals surface area contributed by atoms with E-state index in [9.17, 15) is 9.59 Å². The fraction of sp³-hybridized carbons (Fsp3) is 0.292. The molecule has 1 aromatic heterocycles. The summed E-state index contributed by atoms with van der Waals surface area (Å²) in [6.07, 6.45) is 0. The van der Waals surface area contributed by atoms with Crippen LogP contribution >= 0.6 is 0 Å². The van der Waals surface area contributed by atoms with Crippen LogP contribution in [0, 0.1) is 13.8 Å². The second kappa shape index (κ2) is 10.00. The minimum atomic E-state index is -0.279. The first-order valence-electron chi connectivity index (χ1n) is 10.2. The highest BCUT2D eigenvalue weighted by Crippen LogP contribution is 2.33. The van der Waals surface area contributed by atoms with Gasteiger partial charge in [-0.15, -0.1) is 0 Å². The van der Waals surface area contributed by atoms with Crippen molar-refractivity contribution in [3.63, 3.8) is 0 Å². The highest BCUT2D eigenvalue weighted by atomic mass is 16.6. The van der Waals surface area contributed by atoms with Crippen LogP contribution in [0.3, 0.4) is 0 Å². The lowest BCUT2D eigenvalue weighted by Crippen LogP contribution is -2.20. The van der Waals surface area contributed by atoms with Crippen molar-refractivity contribution in [2.45, 2.75) is 27.7 Å². The molecule has 168 valence electrons. The molecule has 32 heavy (non-hydrogen) atoms. The standard InChI is InChI=1S/C24H27N3O5/c1-6-31-21-13-18(24-25-16(3)23(17(4)28)27(24)30-5)10-11-20(21)32-14-22(29)26-19-9-7-8-15(2)12-19/h7-13H,6,14H2,1-5H3,(H,26,29). The molecule has 3 aromatic rings. The number of Topliss-reactive ketones (excluding diaryl/α,β-unsaturated/α-hetero) is 1. The average molecular weight is 437 g/mol. The van der Waals surface area contributed by atoms with Crippen LogP contribution in [0.15, 0.2) is 42.5 Å². The number of anilines is 1. The highest BCUT2D eigenvalue weighted by molar-refractivity contribution is 5.94. The fourth-order valence-corrected chi connectivity index (χ4v) is 3.37. The lowest BCUT2D eigenvalue weighted by atomic mass is 10.2. The normalized spacial score (nSPS) is 10.5. The van der Waals surface area contributed by atoms with Crippen molar-refractivity contribution in [2.75, 3.05) is 25.6 Å². The van der Waals surface area contributed by atoms with E-state index in [0.717, 1.165) is 5.56 Å². The molecule has 0 atom stereocenters. The van der Waals surface area contributed by atoms with Gasteiger partial charge in [0.05, 0.1) is 12.3 Å². The molecule has 0 aliphatic carbocycles. The molecule has 8 heteroatoms. The summed E-state index contributed by atoms with van der Waals surface area (Å²) in [4.78, 5) is 34.2. The molecule has 2 aromatic carbocycles. The van der Waals surface area contributed by atoms with E-state index in [2.05, 4.69) is 10.3 Å². The van der Waals surface area contributed by atoms with Gasteiger partial charge in [-0.2, -0.15) is 4.73 Å². The third kappa shape index (κ3) is 5.08. The molecule has 3 rings (SSSR count). The van der Waals surface area contributed by atoms with Crippen LogP contribution in [0.2, 0.25) is 0 Å². The summed E-state index contributed by atoms with van der Waals surface area (Å²) in [6.45, 7) is 7.27. The van der Waals surface area contributed by atoms with Crippen molar-refractivity contribution < 1.29 is 23.9 Å². The average Bonchev–Trinajstić information content (AvgIpc) is 3.09. The van der Waals surface area contributed by atoms with Crippen molar-refractivity contribution in [3.8, 4) is 22.9 Å². The van der Waals surface area contributed by atoms with E-state index in [0.29, 0.717) is 46.6 Å². The summed E-state index contributed by atoms with van der Waals surface area (Å²) in [5.41, 5.74) is 3.40. The largest absolute Gasteiger partial charge is 0.490 e. The third-order valence-electron chi connectivity index (χ3n) is 4.69. The van der Waals surface area contributed by atoms with Gasteiger partial charge in [0.1, 0.15) is 12.8 Å². The first-order chi connectivity index (χ1) is 15.3. The number of carbonyl (C=O) groups excluding carboxylic acids is 2. The quantitative estimate of drug-likeness (QED) is 0.512. The Morgan fingerprint density at radius 2 is 1.84 bits per heavy atom. The molecule has 0 saturated carbocycles. The predicted octanol–water partition coefficient (Wildman–Crippen LogP) is 3.84. The van der Waals surface area contributed by atoms with Gasteiger partial charge in [0.15, 0.2) is 29.7 Å². The second-order valence-electron chi connectivity index (χ2n) is 7.20. The zero-order valence-corrected chi connectivity index (χ0v) is 18.9. The number of nitrogens with zero attached hydrogens (tertiary/aromatic N) is 2. The number of aryl methyl sites for hydroxylation is 2. The van der Waals surface area contributed by atoms with Gasteiger partial charge in [-0.05, 0) is 56.7 Å². The van der Waals surface area contributed by atoms with E-state index >= 15 is 0 Å². The molecule has 8 nitrogen and oxygen atoms in total. The Balaban J connectivity index is 1.81. The lowest BCUT2D eigenvalue weighted by Gasteiger charge is -2.14. The van der Waals surface area contributed by atoms with Gasteiger partial charge < -0.3 is 19.6 Å². The minimum absolute atomic E-state index is 0.146. The van der Waals surface area contributed by atoms with Crippen LogP contribution in [-0.4, -0.2) is 41.7 Å². The summed E-state index contributed by atoms with van der Waals surface area (Å²) in [5.74, 6) is 0.932. The molecule has 0 spiro atoms. The molecule has 0 unspecified atom stereocenters. The van der Waals surface area contributed by atoms with Crippen molar-refractivity contribution in [3.05, 3.63) is 59.4 Å². The number of carbonyl (C=O) groups is 2. The molecule has 1 N–H and O–H groups in total. The molecule has 0 fully saturated rings. The van der Waals surface area contributed by atoms with E-state index in [4.69, 9.17) is 14.3 Å². The Morgan fingerprint density at radius 3 is 2.50 bits per heavy atom. The third-order valence-corrected chi connectivity index (χ3v) is 4.69. The van der Waals surface area contributed by atoms with Crippen molar-refractivity contribution in [2.24, 2.45) is 0 Å². The molecule has 0 aliphatic heterocycles. The monoisotopic (exact) mass is 437 g/mol. The molecule has 0 saturated heterocycles. The zero-order valence-electron chi connectivity index (χ0n) is 18.9. The molecular formula is C24H27N3O5. The minimum Gasteiger partial charge on any atom is -0.490 e. The van der Waals surface area contributed by atoms with Gasteiger partial charge in [0.2, 0.25) is 0 Å². The number of benzene rings is 2. The fourth-order valence-electron chi connectivity index (χ4n) is 3.37. The number of aromatic nitrogens is 2. The maximum absolute atomic E-state index is 12.3. The van der Waals surface area contributed by atoms with Crippen LogP contribution in [0.5, 0.6) is 11.5 Å². The van der Waals surface area contributed by atoms with Gasteiger partial charge in [-0.3, -0.25) is 9.59 Å². The zero-order chi connectivity index (χ0) is 23.3. The predicted molar refractivity (Wildman–Crippen MR) is 121 cm³/mol. The maximum Gasteiger partial charge on any atom is 0.262 e. The second-order valence-corrected chi connectivity index (χ2v) is 7.20. The first kappa shape index (κ1) is 22.9. The van der Waals surface area contributed by atoms with Crippen LogP contribution < -0.4 is 19.6 Å². The van der Waals surface area contributed by atoms with E-state index in [1.54, 1.807) is 25.1 Å². The topological polar surface area (TPSA) is 91.7 Å². The summed E-state index contributed by atoms with van der Waals surface area (Å²) < 4.78 is 12.8. The van der Waals surface area contributed by atoms with Crippen LogP contribution in [-0.2, 0) is 4.79 Å². The van der Waals surface area contributed by atoms with Crippen molar-refractivity contribution >= 4 is 17.4 Å². The van der Waals surface area contributed by atoms with Crippen molar-refractivity contribution in [1.29, 1.82) is 0 Å². The number of ether oxygens (including phenoxy) is 2. The SMILES string of the molecule is CCOc1cc(-c2nc(C)c(C(C)=O)n2OC)ccc1OCC(=O)Nc1cccc(C)c1. The lowest BCUT2D eigenvalue weighted by molar-refractivity contribution is -0.118. The molecule has 0 radical (unpaired) electrons. The highest BCUT2D eigenvalue weighted by Gasteiger charge is 2.21. The summed E-state index contributed by atoms with van der Waals surface area (Å²) in [7, 11) is 1.48. The van der Waals surface area contributed by atoms with Gasteiger partial charge in [-0.25, -0.2) is 4.98 Å². The molecule has 0 bridgehead atoms. The number of rotatable bonds is 9. The summed E-state index contributed by atoms with van der Waals surface area (Å²) in [5, 5.41) is 2.81. The van der Waals surface area contributed by atoms with E-state index in [-0.39, 0.29) is 18.3 Å². The number of nitrogens with one attached hydrogen (secondary N) is 1. The molecule has 1 amide bonds. The van der Waals surface area contributed by atoms with Gasteiger partial charge in [-0.1, -0.05) is 12.1 Å². The number of ketones is 1. The number of hydrogen-bond donors (Lipinski definition) is 1. The van der Waals surface area contributed by atoms with Gasteiger partial charge in [0.25, 0.3) is 5.91 Å². The first-order valence-corrected chi connectivity index (χ1v) is 10.2. The Kier molecular flexibility index (Phi) is 7.14. The summed E-state index contributed by atoms with van der Waals surface area (Å²) in [6, 6.07) is 12.8. The Morgan fingerprint density at radius 1 is 1.06 bits per heavy atom. The Labute approximate surface area is 187 Å². The van der Waals surface area contributed by atoms with Crippen LogP contribution in [0.4, 0.5) is 5.69 Å². The smallest absolute Gasteiger partial charge is 0.262 e. The Bertz CT molecular complexity index is 1140. The number of amides is 1. The van der Waals surface area contributed by atoms with Gasteiger partial charge >= 0.3 is 0 Å². The van der Waals surface area contributed by atoms with Crippen LogP contribution in [0.25, 0.3) is 11.4 Å². The number of imidazole rings is 1. The molecular weight excluding hydrogens is 410 g/mol. The number of hydrogen-bond acceptors (Lipinski definition) is 6. The maximum atomic E-state index is 12.3. The molecule has 1 heterocycles.